The second-order valence-electron chi connectivity index (χ2n) is 5.17. The van der Waals surface area contributed by atoms with Gasteiger partial charge in [0.25, 0.3) is 0 Å². The van der Waals surface area contributed by atoms with Crippen LogP contribution in [0.2, 0.25) is 0 Å². The molecule has 1 aliphatic carbocycles. The molecule has 3 nitrogen and oxygen atoms in total. The molecule has 2 rings (SSSR count). The lowest BCUT2D eigenvalue weighted by Gasteiger charge is -2.20. The van der Waals surface area contributed by atoms with E-state index in [-0.39, 0.29) is 5.56 Å². The normalized spacial score (nSPS) is 16.0. The Morgan fingerprint density at radius 1 is 1.30 bits per heavy atom. The van der Waals surface area contributed by atoms with Crippen LogP contribution in [0.15, 0.2) is 24.3 Å². The summed E-state index contributed by atoms with van der Waals surface area (Å²) in [5.41, 5.74) is 0.277. The molecule has 1 N–H and O–H groups in total. The molecule has 1 saturated carbocycles. The molecule has 0 unspecified atom stereocenters. The number of thioether (sulfide) groups is 1. The number of carboxylic acids is 1. The predicted octanol–water partition coefficient (Wildman–Crippen LogP) is 4.22. The molecule has 1 fully saturated rings. The van der Waals surface area contributed by atoms with Gasteiger partial charge in [-0.25, -0.2) is 4.79 Å². The van der Waals surface area contributed by atoms with E-state index in [0.29, 0.717) is 12.4 Å². The molecule has 4 heteroatoms. The van der Waals surface area contributed by atoms with E-state index >= 15 is 0 Å². The largest absolute Gasteiger partial charge is 0.494 e. The SMILES string of the molecule is O=C(O)c1cccc(OCCCSC2CCCCC2)c1. The van der Waals surface area contributed by atoms with E-state index in [9.17, 15) is 4.79 Å². The average Bonchev–Trinajstić information content (AvgIpc) is 2.48. The van der Waals surface area contributed by atoms with Crippen LogP contribution in [-0.4, -0.2) is 28.7 Å². The number of carboxylic acid groups (broad SMARTS) is 1. The first-order chi connectivity index (χ1) is 9.75. The summed E-state index contributed by atoms with van der Waals surface area (Å²) in [6.45, 7) is 0.656. The van der Waals surface area contributed by atoms with E-state index in [0.717, 1.165) is 17.4 Å². The molecule has 1 aromatic rings. The van der Waals surface area contributed by atoms with Crippen molar-refractivity contribution < 1.29 is 14.6 Å². The molecule has 0 spiro atoms. The van der Waals surface area contributed by atoms with Gasteiger partial charge in [-0.3, -0.25) is 0 Å². The Labute approximate surface area is 124 Å². The minimum absolute atomic E-state index is 0.277. The molecule has 1 aliphatic rings. The minimum Gasteiger partial charge on any atom is -0.494 e. The Bertz CT molecular complexity index is 427. The Morgan fingerprint density at radius 2 is 2.10 bits per heavy atom. The molecule has 0 saturated heterocycles. The van der Waals surface area contributed by atoms with Crippen molar-refractivity contribution in [3.63, 3.8) is 0 Å². The zero-order chi connectivity index (χ0) is 14.2. The van der Waals surface area contributed by atoms with Gasteiger partial charge >= 0.3 is 5.97 Å². The van der Waals surface area contributed by atoms with E-state index in [2.05, 4.69) is 11.8 Å². The summed E-state index contributed by atoms with van der Waals surface area (Å²) in [6, 6.07) is 6.68. The van der Waals surface area contributed by atoms with Gasteiger partial charge in [0.05, 0.1) is 12.2 Å². The Kier molecular flexibility index (Phi) is 6.25. The molecule has 110 valence electrons. The highest BCUT2D eigenvalue weighted by molar-refractivity contribution is 7.99. The van der Waals surface area contributed by atoms with Crippen LogP contribution in [0, 0.1) is 0 Å². The molecule has 0 atom stereocenters. The topological polar surface area (TPSA) is 46.5 Å². The summed E-state index contributed by atoms with van der Waals surface area (Å²) in [6.07, 6.45) is 7.92. The molecule has 20 heavy (non-hydrogen) atoms. The van der Waals surface area contributed by atoms with E-state index in [1.165, 1.54) is 32.1 Å². The van der Waals surface area contributed by atoms with Gasteiger partial charge in [0.1, 0.15) is 5.75 Å². The highest BCUT2D eigenvalue weighted by Crippen LogP contribution is 2.28. The van der Waals surface area contributed by atoms with Gasteiger partial charge < -0.3 is 9.84 Å². The summed E-state index contributed by atoms with van der Waals surface area (Å²) in [5.74, 6) is 0.861. The number of ether oxygens (including phenoxy) is 1. The van der Waals surface area contributed by atoms with Crippen LogP contribution in [0.4, 0.5) is 0 Å². The molecule has 0 amide bonds. The molecule has 0 heterocycles. The number of aromatic carboxylic acids is 1. The quantitative estimate of drug-likeness (QED) is 0.765. The Balaban J connectivity index is 1.63. The van der Waals surface area contributed by atoms with Gasteiger partial charge in [0, 0.05) is 5.25 Å². The predicted molar refractivity (Wildman–Crippen MR) is 82.8 cm³/mol. The first-order valence-corrected chi connectivity index (χ1v) is 8.38. The fraction of sp³-hybridized carbons (Fsp3) is 0.562. The monoisotopic (exact) mass is 294 g/mol. The van der Waals surface area contributed by atoms with Crippen LogP contribution in [0.1, 0.15) is 48.9 Å². The maximum absolute atomic E-state index is 10.8. The third-order valence-corrected chi connectivity index (χ3v) is 5.01. The van der Waals surface area contributed by atoms with E-state index in [1.807, 2.05) is 0 Å². The van der Waals surface area contributed by atoms with Crippen molar-refractivity contribution in [1.29, 1.82) is 0 Å². The summed E-state index contributed by atoms with van der Waals surface area (Å²) >= 11 is 2.07. The van der Waals surface area contributed by atoms with Crippen LogP contribution in [0.5, 0.6) is 5.75 Å². The average molecular weight is 294 g/mol. The van der Waals surface area contributed by atoms with Gasteiger partial charge in [-0.2, -0.15) is 11.8 Å². The maximum Gasteiger partial charge on any atom is 0.335 e. The van der Waals surface area contributed by atoms with Crippen LogP contribution in [0.25, 0.3) is 0 Å². The molecule has 0 radical (unpaired) electrons. The van der Waals surface area contributed by atoms with Crippen molar-refractivity contribution >= 4 is 17.7 Å². The second-order valence-corrected chi connectivity index (χ2v) is 6.57. The van der Waals surface area contributed by atoms with Gasteiger partial charge in [-0.15, -0.1) is 0 Å². The Morgan fingerprint density at radius 3 is 2.85 bits per heavy atom. The molecule has 0 aliphatic heterocycles. The zero-order valence-corrected chi connectivity index (χ0v) is 12.5. The lowest BCUT2D eigenvalue weighted by atomic mass is 10.0. The molecular weight excluding hydrogens is 272 g/mol. The lowest BCUT2D eigenvalue weighted by Crippen LogP contribution is -2.09. The van der Waals surface area contributed by atoms with Crippen molar-refractivity contribution in [2.24, 2.45) is 0 Å². The number of hydrogen-bond acceptors (Lipinski definition) is 3. The van der Waals surface area contributed by atoms with Crippen molar-refractivity contribution in [1.82, 2.24) is 0 Å². The van der Waals surface area contributed by atoms with E-state index in [4.69, 9.17) is 9.84 Å². The van der Waals surface area contributed by atoms with E-state index < -0.39 is 5.97 Å². The lowest BCUT2D eigenvalue weighted by molar-refractivity contribution is 0.0696. The summed E-state index contributed by atoms with van der Waals surface area (Å²) in [7, 11) is 0. The third-order valence-electron chi connectivity index (χ3n) is 3.54. The Hall–Kier alpha value is -1.16. The van der Waals surface area contributed by atoms with Crippen molar-refractivity contribution in [3.05, 3.63) is 29.8 Å². The number of carbonyl (C=O) groups is 1. The number of rotatable bonds is 7. The van der Waals surface area contributed by atoms with Crippen LogP contribution >= 0.6 is 11.8 Å². The number of benzene rings is 1. The van der Waals surface area contributed by atoms with Gasteiger partial charge in [0.15, 0.2) is 0 Å². The second kappa shape index (κ2) is 8.20. The van der Waals surface area contributed by atoms with E-state index in [1.54, 1.807) is 24.3 Å². The molecular formula is C16H22O3S. The third kappa shape index (κ3) is 5.08. The summed E-state index contributed by atoms with van der Waals surface area (Å²) < 4.78 is 5.61. The fourth-order valence-electron chi connectivity index (χ4n) is 2.45. The van der Waals surface area contributed by atoms with Gasteiger partial charge in [-0.1, -0.05) is 25.3 Å². The van der Waals surface area contributed by atoms with Gasteiger partial charge in [-0.05, 0) is 43.2 Å². The smallest absolute Gasteiger partial charge is 0.335 e. The van der Waals surface area contributed by atoms with Crippen LogP contribution < -0.4 is 4.74 Å². The van der Waals surface area contributed by atoms with Crippen molar-refractivity contribution in [2.45, 2.75) is 43.8 Å². The minimum atomic E-state index is -0.914. The van der Waals surface area contributed by atoms with Crippen LogP contribution in [-0.2, 0) is 0 Å². The number of hydrogen-bond donors (Lipinski definition) is 1. The fourth-order valence-corrected chi connectivity index (χ4v) is 3.73. The van der Waals surface area contributed by atoms with Crippen molar-refractivity contribution in [2.75, 3.05) is 12.4 Å². The highest BCUT2D eigenvalue weighted by atomic mass is 32.2. The molecule has 1 aromatic carbocycles. The highest BCUT2D eigenvalue weighted by Gasteiger charge is 2.13. The zero-order valence-electron chi connectivity index (χ0n) is 11.7. The molecule has 0 bridgehead atoms. The van der Waals surface area contributed by atoms with Gasteiger partial charge in [0.2, 0.25) is 0 Å². The molecule has 0 aromatic heterocycles. The van der Waals surface area contributed by atoms with Crippen molar-refractivity contribution in [3.8, 4) is 5.75 Å². The summed E-state index contributed by atoms with van der Waals surface area (Å²) in [5, 5.41) is 9.75. The van der Waals surface area contributed by atoms with Crippen LogP contribution in [0.3, 0.4) is 0 Å². The first kappa shape index (κ1) is 15.2. The maximum atomic E-state index is 10.8. The first-order valence-electron chi connectivity index (χ1n) is 7.33. The standard InChI is InChI=1S/C16H22O3S/c17-16(18)13-6-4-7-14(12-13)19-10-5-11-20-15-8-2-1-3-9-15/h4,6-7,12,15H,1-3,5,8-11H2,(H,17,18). The summed E-state index contributed by atoms with van der Waals surface area (Å²) in [4.78, 5) is 10.8.